The van der Waals surface area contributed by atoms with Gasteiger partial charge in [-0.05, 0) is 31.9 Å². The Morgan fingerprint density at radius 2 is 1.96 bits per heavy atom. The summed E-state index contributed by atoms with van der Waals surface area (Å²) in [6.45, 7) is 3.49. The van der Waals surface area contributed by atoms with Gasteiger partial charge in [-0.1, -0.05) is 30.3 Å². The molecule has 0 aliphatic carbocycles. The van der Waals surface area contributed by atoms with Gasteiger partial charge >= 0.3 is 0 Å². The first-order valence-electron chi connectivity index (χ1n) is 7.98. The minimum absolute atomic E-state index is 0. The number of piperidine rings is 1. The van der Waals surface area contributed by atoms with E-state index in [2.05, 4.69) is 22.9 Å². The highest BCUT2D eigenvalue weighted by atomic mass is 35.5. The van der Waals surface area contributed by atoms with Crippen LogP contribution in [0.15, 0.2) is 30.3 Å². The van der Waals surface area contributed by atoms with Crippen molar-refractivity contribution < 1.29 is 9.59 Å². The van der Waals surface area contributed by atoms with E-state index in [1.54, 1.807) is 0 Å². The molecule has 0 aromatic heterocycles. The van der Waals surface area contributed by atoms with Gasteiger partial charge in [0.2, 0.25) is 11.8 Å². The number of hydrogen-bond donors (Lipinski definition) is 3. The molecule has 6 heteroatoms. The molecule has 1 aliphatic heterocycles. The molecule has 5 nitrogen and oxygen atoms in total. The minimum Gasteiger partial charge on any atom is -0.355 e. The number of halogens is 1. The Labute approximate surface area is 144 Å². The van der Waals surface area contributed by atoms with Gasteiger partial charge in [0.05, 0.1) is 6.42 Å². The summed E-state index contributed by atoms with van der Waals surface area (Å²) in [4.78, 5) is 23.7. The number of rotatable bonds is 6. The van der Waals surface area contributed by atoms with Crippen molar-refractivity contribution >= 4 is 24.2 Å². The maximum atomic E-state index is 11.9. The molecule has 1 aromatic rings. The second kappa shape index (κ2) is 10.2. The molecule has 3 N–H and O–H groups in total. The quantitative estimate of drug-likeness (QED) is 0.734. The normalized spacial score (nSPS) is 20.2. The zero-order chi connectivity index (χ0) is 15.8. The molecule has 1 aliphatic rings. The van der Waals surface area contributed by atoms with E-state index in [4.69, 9.17) is 0 Å². The molecular formula is C17H26ClN3O2. The van der Waals surface area contributed by atoms with E-state index < -0.39 is 0 Å². The maximum Gasteiger partial charge on any atom is 0.224 e. The van der Waals surface area contributed by atoms with E-state index in [9.17, 15) is 9.59 Å². The third-order valence-electron chi connectivity index (χ3n) is 3.99. The number of hydrogen-bond acceptors (Lipinski definition) is 3. The summed E-state index contributed by atoms with van der Waals surface area (Å²) in [5.74, 6) is -0.0488. The number of amides is 2. The minimum atomic E-state index is -0.0494. The molecular weight excluding hydrogens is 314 g/mol. The molecule has 1 aromatic carbocycles. The van der Waals surface area contributed by atoms with Crippen LogP contribution in [0.1, 0.15) is 31.7 Å². The summed E-state index contributed by atoms with van der Waals surface area (Å²) in [7, 11) is 0. The average Bonchev–Trinajstić information content (AvgIpc) is 2.50. The van der Waals surface area contributed by atoms with Crippen LogP contribution in [0.2, 0.25) is 0 Å². The summed E-state index contributed by atoms with van der Waals surface area (Å²) >= 11 is 0. The Kier molecular flexibility index (Phi) is 8.66. The number of carbonyl (C=O) groups is 2. The van der Waals surface area contributed by atoms with Crippen LogP contribution in [-0.2, 0) is 16.0 Å². The predicted molar refractivity (Wildman–Crippen MR) is 93.7 cm³/mol. The van der Waals surface area contributed by atoms with Gasteiger partial charge in [0.25, 0.3) is 0 Å². The first-order valence-corrected chi connectivity index (χ1v) is 7.98. The number of benzene rings is 1. The van der Waals surface area contributed by atoms with Gasteiger partial charge in [-0.15, -0.1) is 12.4 Å². The van der Waals surface area contributed by atoms with Crippen LogP contribution >= 0.6 is 12.4 Å². The summed E-state index contributed by atoms with van der Waals surface area (Å²) < 4.78 is 0. The second-order valence-electron chi connectivity index (χ2n) is 5.82. The lowest BCUT2D eigenvalue weighted by Crippen LogP contribution is -2.52. The highest BCUT2D eigenvalue weighted by Crippen LogP contribution is 2.08. The zero-order valence-electron chi connectivity index (χ0n) is 13.5. The molecule has 0 radical (unpaired) electrons. The molecule has 2 amide bonds. The second-order valence-corrected chi connectivity index (χ2v) is 5.82. The topological polar surface area (TPSA) is 70.2 Å². The Bertz CT molecular complexity index is 496. The van der Waals surface area contributed by atoms with Gasteiger partial charge in [0.15, 0.2) is 0 Å². The van der Waals surface area contributed by atoms with E-state index >= 15 is 0 Å². The first-order chi connectivity index (χ1) is 10.6. The fourth-order valence-electron chi connectivity index (χ4n) is 2.68. The molecule has 0 spiro atoms. The molecule has 1 fully saturated rings. The monoisotopic (exact) mass is 339 g/mol. The molecule has 2 unspecified atom stereocenters. The van der Waals surface area contributed by atoms with Crippen LogP contribution < -0.4 is 16.0 Å². The predicted octanol–water partition coefficient (Wildman–Crippen LogP) is 1.41. The van der Waals surface area contributed by atoms with Crippen molar-refractivity contribution in [3.05, 3.63) is 35.9 Å². The summed E-state index contributed by atoms with van der Waals surface area (Å²) in [6, 6.07) is 10.1. The molecule has 128 valence electrons. The Hall–Kier alpha value is -1.59. The summed E-state index contributed by atoms with van der Waals surface area (Å²) in [5.41, 5.74) is 0.978. The fraction of sp³-hybridized carbons (Fsp3) is 0.529. The van der Waals surface area contributed by atoms with Crippen molar-refractivity contribution in [1.29, 1.82) is 0 Å². The van der Waals surface area contributed by atoms with Gasteiger partial charge in [0, 0.05) is 25.0 Å². The zero-order valence-corrected chi connectivity index (χ0v) is 14.3. The van der Waals surface area contributed by atoms with Gasteiger partial charge in [0.1, 0.15) is 0 Å². The Morgan fingerprint density at radius 3 is 2.65 bits per heavy atom. The highest BCUT2D eigenvalue weighted by molar-refractivity contribution is 5.85. The smallest absolute Gasteiger partial charge is 0.224 e. The molecule has 2 rings (SSSR count). The Balaban J connectivity index is 0.00000264. The van der Waals surface area contributed by atoms with Crippen LogP contribution in [0.5, 0.6) is 0 Å². The summed E-state index contributed by atoms with van der Waals surface area (Å²) in [6.07, 6.45) is 2.78. The van der Waals surface area contributed by atoms with E-state index in [1.807, 2.05) is 30.3 Å². The van der Waals surface area contributed by atoms with Crippen LogP contribution in [0.4, 0.5) is 0 Å². The maximum absolute atomic E-state index is 11.9. The molecule has 2 atom stereocenters. The molecule has 23 heavy (non-hydrogen) atoms. The lowest BCUT2D eigenvalue weighted by molar-refractivity contribution is -0.122. The van der Waals surface area contributed by atoms with Crippen LogP contribution in [-0.4, -0.2) is 37.0 Å². The van der Waals surface area contributed by atoms with E-state index in [0.29, 0.717) is 25.4 Å². The molecule has 1 saturated heterocycles. The largest absolute Gasteiger partial charge is 0.355 e. The van der Waals surface area contributed by atoms with Gasteiger partial charge in [-0.2, -0.15) is 0 Å². The number of nitrogens with one attached hydrogen (secondary N) is 3. The molecule has 1 heterocycles. The van der Waals surface area contributed by atoms with Crippen molar-refractivity contribution in [1.82, 2.24) is 16.0 Å². The third-order valence-corrected chi connectivity index (χ3v) is 3.99. The van der Waals surface area contributed by atoms with E-state index in [1.165, 1.54) is 0 Å². The van der Waals surface area contributed by atoms with Crippen molar-refractivity contribution in [2.75, 3.05) is 13.1 Å². The molecule has 0 saturated carbocycles. The van der Waals surface area contributed by atoms with Crippen LogP contribution in [0.25, 0.3) is 0 Å². The SMILES string of the molecule is CC1NCCCC1NC(=O)CCNC(=O)Cc1ccccc1.Cl. The van der Waals surface area contributed by atoms with E-state index in [0.717, 1.165) is 24.9 Å². The van der Waals surface area contributed by atoms with Crippen molar-refractivity contribution in [3.63, 3.8) is 0 Å². The van der Waals surface area contributed by atoms with E-state index in [-0.39, 0.29) is 30.3 Å². The van der Waals surface area contributed by atoms with Crippen molar-refractivity contribution in [2.24, 2.45) is 0 Å². The fourth-order valence-corrected chi connectivity index (χ4v) is 2.68. The average molecular weight is 340 g/mol. The highest BCUT2D eigenvalue weighted by Gasteiger charge is 2.21. The first kappa shape index (κ1) is 19.5. The Morgan fingerprint density at radius 1 is 1.22 bits per heavy atom. The van der Waals surface area contributed by atoms with Crippen LogP contribution in [0, 0.1) is 0 Å². The summed E-state index contributed by atoms with van der Waals surface area (Å²) in [5, 5.41) is 9.19. The van der Waals surface area contributed by atoms with Crippen LogP contribution in [0.3, 0.4) is 0 Å². The lowest BCUT2D eigenvalue weighted by atomic mass is 10.00. The van der Waals surface area contributed by atoms with Gasteiger partial charge in [-0.3, -0.25) is 9.59 Å². The van der Waals surface area contributed by atoms with Gasteiger partial charge in [-0.25, -0.2) is 0 Å². The molecule has 0 bridgehead atoms. The third kappa shape index (κ3) is 7.01. The lowest BCUT2D eigenvalue weighted by Gasteiger charge is -2.30. The van der Waals surface area contributed by atoms with Crippen molar-refractivity contribution in [3.8, 4) is 0 Å². The van der Waals surface area contributed by atoms with Crippen molar-refractivity contribution in [2.45, 2.75) is 44.7 Å². The number of carbonyl (C=O) groups excluding carboxylic acids is 2. The van der Waals surface area contributed by atoms with Gasteiger partial charge < -0.3 is 16.0 Å². The standard InChI is InChI=1S/C17H25N3O2.ClH/c1-13-15(8-5-10-18-13)20-16(21)9-11-19-17(22)12-14-6-3-2-4-7-14;/h2-4,6-7,13,15,18H,5,8-12H2,1H3,(H,19,22)(H,20,21);1H.